The van der Waals surface area contributed by atoms with E-state index in [-0.39, 0.29) is 12.1 Å². The number of hydrogen-bond acceptors (Lipinski definition) is 2. The van der Waals surface area contributed by atoms with Crippen molar-refractivity contribution in [2.45, 2.75) is 19.4 Å². The Bertz CT molecular complexity index is 405. The fraction of sp³-hybridized carbons (Fsp3) is 0.538. The number of rotatable bonds is 4. The Balaban J connectivity index is 1.84. The maximum atomic E-state index is 13.3. The molecule has 0 bridgehead atoms. The fourth-order valence-electron chi connectivity index (χ4n) is 2.08. The first-order valence-corrected chi connectivity index (χ1v) is 6.08. The summed E-state index contributed by atoms with van der Waals surface area (Å²) in [6.45, 7) is 2.39. The molecule has 100 valence electrons. The molecule has 1 N–H and O–H groups in total. The van der Waals surface area contributed by atoms with E-state index in [9.17, 15) is 13.2 Å². The molecule has 0 aromatic heterocycles. The van der Waals surface area contributed by atoms with Gasteiger partial charge in [-0.1, -0.05) is 0 Å². The van der Waals surface area contributed by atoms with E-state index in [2.05, 4.69) is 5.32 Å². The molecule has 0 amide bonds. The van der Waals surface area contributed by atoms with E-state index in [1.165, 1.54) is 0 Å². The molecule has 1 aliphatic heterocycles. The van der Waals surface area contributed by atoms with Crippen molar-refractivity contribution in [1.82, 2.24) is 5.32 Å². The van der Waals surface area contributed by atoms with E-state index < -0.39 is 17.5 Å². The predicted molar refractivity (Wildman–Crippen MR) is 61.6 cm³/mol. The van der Waals surface area contributed by atoms with E-state index in [1.807, 2.05) is 0 Å². The predicted octanol–water partition coefficient (Wildman–Crippen LogP) is 2.62. The molecule has 1 atom stereocenters. The largest absolute Gasteiger partial charge is 0.381 e. The highest BCUT2D eigenvalue weighted by Crippen LogP contribution is 2.15. The van der Waals surface area contributed by atoms with Crippen molar-refractivity contribution in [2.75, 3.05) is 19.8 Å². The summed E-state index contributed by atoms with van der Waals surface area (Å²) in [5.41, 5.74) is 0.144. The van der Waals surface area contributed by atoms with Crippen molar-refractivity contribution >= 4 is 0 Å². The number of hydrogen-bond donors (Lipinski definition) is 1. The summed E-state index contributed by atoms with van der Waals surface area (Å²) < 4.78 is 44.3. The summed E-state index contributed by atoms with van der Waals surface area (Å²) in [5, 5.41) is 3.05. The molecule has 0 aliphatic carbocycles. The molecule has 2 nitrogen and oxygen atoms in total. The van der Waals surface area contributed by atoms with Gasteiger partial charge in [0.25, 0.3) is 0 Å². The summed E-state index contributed by atoms with van der Waals surface area (Å²) in [6.07, 6.45) is 2.11. The average Bonchev–Trinajstić information content (AvgIpc) is 2.37. The zero-order valence-electron chi connectivity index (χ0n) is 10.0. The summed E-state index contributed by atoms with van der Waals surface area (Å²) in [6, 6.07) is 1.48. The van der Waals surface area contributed by atoms with Crippen LogP contribution in [0.5, 0.6) is 0 Å². The van der Waals surface area contributed by atoms with Gasteiger partial charge in [-0.3, -0.25) is 0 Å². The molecule has 1 unspecified atom stereocenters. The molecule has 0 radical (unpaired) electrons. The minimum Gasteiger partial charge on any atom is -0.381 e. The Labute approximate surface area is 104 Å². The molecule has 2 rings (SSSR count). The second kappa shape index (κ2) is 6.20. The number of halogens is 3. The highest BCUT2D eigenvalue weighted by atomic mass is 19.2. The molecule has 0 saturated carbocycles. The molecule has 18 heavy (non-hydrogen) atoms. The van der Waals surface area contributed by atoms with Crippen molar-refractivity contribution in [2.24, 2.45) is 5.92 Å². The van der Waals surface area contributed by atoms with Gasteiger partial charge in [-0.15, -0.1) is 0 Å². The maximum absolute atomic E-state index is 13.3. The van der Waals surface area contributed by atoms with E-state index in [0.29, 0.717) is 25.1 Å². The van der Waals surface area contributed by atoms with E-state index in [4.69, 9.17) is 4.74 Å². The average molecular weight is 259 g/mol. The van der Waals surface area contributed by atoms with Gasteiger partial charge in [0, 0.05) is 31.3 Å². The Morgan fingerprint density at radius 1 is 1.17 bits per heavy atom. The zero-order chi connectivity index (χ0) is 13.0. The van der Waals surface area contributed by atoms with E-state index in [0.717, 1.165) is 25.5 Å². The smallest absolute Gasteiger partial charge is 0.161 e. The van der Waals surface area contributed by atoms with Gasteiger partial charge in [0.2, 0.25) is 0 Å². The second-order valence-electron chi connectivity index (χ2n) is 4.57. The van der Waals surface area contributed by atoms with Gasteiger partial charge in [0.15, 0.2) is 11.6 Å². The molecule has 1 aromatic carbocycles. The van der Waals surface area contributed by atoms with Gasteiger partial charge in [-0.2, -0.15) is 0 Å². The lowest BCUT2D eigenvalue weighted by Gasteiger charge is -2.22. The van der Waals surface area contributed by atoms with Gasteiger partial charge in [-0.05, 0) is 24.8 Å². The van der Waals surface area contributed by atoms with E-state index in [1.54, 1.807) is 0 Å². The van der Waals surface area contributed by atoms with Crippen LogP contribution in [-0.2, 0) is 11.3 Å². The van der Waals surface area contributed by atoms with Crippen LogP contribution in [0.25, 0.3) is 0 Å². The first-order chi connectivity index (χ1) is 8.66. The van der Waals surface area contributed by atoms with Crippen LogP contribution in [0.4, 0.5) is 13.2 Å². The fourth-order valence-corrected chi connectivity index (χ4v) is 2.08. The Morgan fingerprint density at radius 2 is 1.94 bits per heavy atom. The van der Waals surface area contributed by atoms with Crippen LogP contribution in [0, 0.1) is 23.4 Å². The normalized spacial score (nSPS) is 20.1. The molecule has 1 aliphatic rings. The van der Waals surface area contributed by atoms with Crippen LogP contribution in [0.15, 0.2) is 12.1 Å². The lowest BCUT2D eigenvalue weighted by molar-refractivity contribution is 0.0547. The number of nitrogens with one attached hydrogen (secondary N) is 1. The van der Waals surface area contributed by atoms with Gasteiger partial charge in [0.05, 0.1) is 6.61 Å². The third-order valence-corrected chi connectivity index (χ3v) is 3.09. The first kappa shape index (κ1) is 13.4. The van der Waals surface area contributed by atoms with Gasteiger partial charge < -0.3 is 10.1 Å². The number of ether oxygens (including phenoxy) is 1. The monoisotopic (exact) mass is 259 g/mol. The first-order valence-electron chi connectivity index (χ1n) is 6.08. The van der Waals surface area contributed by atoms with Gasteiger partial charge in [-0.25, -0.2) is 13.2 Å². The lowest BCUT2D eigenvalue weighted by atomic mass is 10.0. The van der Waals surface area contributed by atoms with Crippen LogP contribution in [-0.4, -0.2) is 19.8 Å². The van der Waals surface area contributed by atoms with Crippen LogP contribution in [0.3, 0.4) is 0 Å². The molecule has 1 fully saturated rings. The minimum absolute atomic E-state index is 0.144. The Hall–Kier alpha value is -1.07. The summed E-state index contributed by atoms with van der Waals surface area (Å²) in [4.78, 5) is 0. The highest BCUT2D eigenvalue weighted by molar-refractivity contribution is 5.19. The van der Waals surface area contributed by atoms with Gasteiger partial charge in [0.1, 0.15) is 5.82 Å². The summed E-state index contributed by atoms with van der Waals surface area (Å²) in [5.74, 6) is -2.49. The van der Waals surface area contributed by atoms with Crippen LogP contribution in [0.2, 0.25) is 0 Å². The quantitative estimate of drug-likeness (QED) is 0.839. The van der Waals surface area contributed by atoms with Crippen molar-refractivity contribution in [3.63, 3.8) is 0 Å². The molecule has 1 aromatic rings. The van der Waals surface area contributed by atoms with E-state index >= 15 is 0 Å². The maximum Gasteiger partial charge on any atom is 0.161 e. The van der Waals surface area contributed by atoms with Crippen molar-refractivity contribution in [3.05, 3.63) is 35.1 Å². The van der Waals surface area contributed by atoms with Gasteiger partial charge >= 0.3 is 0 Å². The summed E-state index contributed by atoms with van der Waals surface area (Å²) >= 11 is 0. The third-order valence-electron chi connectivity index (χ3n) is 3.09. The van der Waals surface area contributed by atoms with Crippen molar-refractivity contribution < 1.29 is 17.9 Å². The molecular formula is C13H16F3NO. The molecule has 0 spiro atoms. The zero-order valence-corrected chi connectivity index (χ0v) is 10.0. The van der Waals surface area contributed by atoms with Crippen molar-refractivity contribution in [3.8, 4) is 0 Å². The Kier molecular flexibility index (Phi) is 4.60. The third kappa shape index (κ3) is 3.46. The number of benzene rings is 1. The van der Waals surface area contributed by atoms with Crippen molar-refractivity contribution in [1.29, 1.82) is 0 Å². The second-order valence-corrected chi connectivity index (χ2v) is 4.57. The minimum atomic E-state index is -1.16. The Morgan fingerprint density at radius 3 is 2.67 bits per heavy atom. The lowest BCUT2D eigenvalue weighted by Crippen LogP contribution is -2.29. The highest BCUT2D eigenvalue weighted by Gasteiger charge is 2.14. The molecular weight excluding hydrogens is 243 g/mol. The summed E-state index contributed by atoms with van der Waals surface area (Å²) in [7, 11) is 0. The molecule has 1 saturated heterocycles. The van der Waals surface area contributed by atoms with Crippen LogP contribution in [0.1, 0.15) is 18.4 Å². The topological polar surface area (TPSA) is 21.3 Å². The molecule has 1 heterocycles. The van der Waals surface area contributed by atoms with Crippen LogP contribution < -0.4 is 5.32 Å². The SMILES string of the molecule is Fc1cc(F)c(CNCC2CCCOC2)cc1F. The molecule has 5 heteroatoms. The van der Waals surface area contributed by atoms with Crippen LogP contribution >= 0.6 is 0 Å². The standard InChI is InChI=1S/C13H16F3NO/c14-11-5-13(16)12(15)4-10(11)7-17-6-9-2-1-3-18-8-9/h4-5,9,17H,1-3,6-8H2.